The normalized spacial score (nSPS) is 14.5. The summed E-state index contributed by atoms with van der Waals surface area (Å²) in [6.07, 6.45) is 39.4. The van der Waals surface area contributed by atoms with Crippen molar-refractivity contribution in [3.63, 3.8) is 0 Å². The number of nitrogens with one attached hydrogen (secondary N) is 1. The van der Waals surface area contributed by atoms with Crippen LogP contribution < -0.4 is 11.1 Å². The number of carbonyl (C=O) groups is 1. The lowest BCUT2D eigenvalue weighted by molar-refractivity contribution is -0.123. The quantitative estimate of drug-likeness (QED) is 0.0288. The number of carbonyl (C=O) groups excluding carboxylic acids is 1. The van der Waals surface area contributed by atoms with Gasteiger partial charge in [0.1, 0.15) is 0 Å². The molecule has 284 valence electrons. The maximum Gasteiger partial charge on any atom is 0.472 e. The number of unbranched alkanes of at least 4 members (excludes halogenated alkanes) is 23. The second-order valence-corrected chi connectivity index (χ2v) is 14.9. The van der Waals surface area contributed by atoms with E-state index in [1.807, 2.05) is 6.08 Å². The first-order chi connectivity index (χ1) is 23.4. The van der Waals surface area contributed by atoms with Gasteiger partial charge in [0.25, 0.3) is 0 Å². The summed E-state index contributed by atoms with van der Waals surface area (Å²) in [5.41, 5.74) is 5.35. The average Bonchev–Trinajstić information content (AvgIpc) is 3.07. The first-order valence-electron chi connectivity index (χ1n) is 20.0. The van der Waals surface area contributed by atoms with Crippen molar-refractivity contribution in [3.05, 3.63) is 24.3 Å². The molecule has 0 radical (unpaired) electrons. The molecule has 9 heteroatoms. The third-order valence-electron chi connectivity index (χ3n) is 8.78. The van der Waals surface area contributed by atoms with Gasteiger partial charge >= 0.3 is 7.82 Å². The van der Waals surface area contributed by atoms with Gasteiger partial charge in [0, 0.05) is 13.0 Å². The SMILES string of the molecule is CCCCCCCCCCCCCC/C=C/CC/C=C/C(O)C(COP(=O)(O)OCCN)NC(=O)CCCCCCCCCCCCC. The lowest BCUT2D eigenvalue weighted by Gasteiger charge is -2.23. The topological polar surface area (TPSA) is 131 Å². The van der Waals surface area contributed by atoms with Gasteiger partial charge in [0.2, 0.25) is 5.91 Å². The highest BCUT2D eigenvalue weighted by Gasteiger charge is 2.26. The van der Waals surface area contributed by atoms with Crippen molar-refractivity contribution in [2.45, 2.75) is 199 Å². The predicted molar refractivity (Wildman–Crippen MR) is 203 cm³/mol. The van der Waals surface area contributed by atoms with Crippen molar-refractivity contribution in [1.29, 1.82) is 0 Å². The van der Waals surface area contributed by atoms with Gasteiger partial charge in [0.15, 0.2) is 0 Å². The number of hydrogen-bond acceptors (Lipinski definition) is 6. The number of aliphatic hydroxyl groups is 1. The summed E-state index contributed by atoms with van der Waals surface area (Å²) < 4.78 is 22.0. The monoisotopic (exact) mass is 701 g/mol. The van der Waals surface area contributed by atoms with Crippen molar-refractivity contribution in [1.82, 2.24) is 5.32 Å². The fourth-order valence-corrected chi connectivity index (χ4v) is 6.49. The summed E-state index contributed by atoms with van der Waals surface area (Å²) in [6.45, 7) is 4.10. The van der Waals surface area contributed by atoms with E-state index in [0.29, 0.717) is 6.42 Å². The Hall–Kier alpha value is -1.02. The van der Waals surface area contributed by atoms with Gasteiger partial charge in [0.05, 0.1) is 25.4 Å². The molecule has 1 amide bonds. The second kappa shape index (κ2) is 35.8. The van der Waals surface area contributed by atoms with Crippen LogP contribution in [0, 0.1) is 0 Å². The van der Waals surface area contributed by atoms with E-state index >= 15 is 0 Å². The molecule has 0 rings (SSSR count). The minimum Gasteiger partial charge on any atom is -0.387 e. The van der Waals surface area contributed by atoms with Crippen LogP contribution in [0.25, 0.3) is 0 Å². The van der Waals surface area contributed by atoms with Crippen LogP contribution in [-0.4, -0.2) is 47.8 Å². The zero-order valence-electron chi connectivity index (χ0n) is 31.2. The van der Waals surface area contributed by atoms with Crippen LogP contribution in [0.3, 0.4) is 0 Å². The van der Waals surface area contributed by atoms with E-state index in [1.54, 1.807) is 6.08 Å². The van der Waals surface area contributed by atoms with Crippen LogP contribution in [-0.2, 0) is 18.4 Å². The Morgan fingerprint density at radius 1 is 0.667 bits per heavy atom. The lowest BCUT2D eigenvalue weighted by atomic mass is 10.0. The molecule has 0 saturated carbocycles. The van der Waals surface area contributed by atoms with Gasteiger partial charge in [-0.3, -0.25) is 13.8 Å². The average molecular weight is 701 g/mol. The first kappa shape index (κ1) is 47.0. The van der Waals surface area contributed by atoms with E-state index in [0.717, 1.165) is 38.5 Å². The van der Waals surface area contributed by atoms with Crippen LogP contribution in [0.4, 0.5) is 0 Å². The van der Waals surface area contributed by atoms with Crippen LogP contribution in [0.1, 0.15) is 187 Å². The van der Waals surface area contributed by atoms with E-state index in [9.17, 15) is 19.4 Å². The fraction of sp³-hybridized carbons (Fsp3) is 0.872. The summed E-state index contributed by atoms with van der Waals surface area (Å²) >= 11 is 0. The van der Waals surface area contributed by atoms with E-state index in [2.05, 4.69) is 31.3 Å². The van der Waals surface area contributed by atoms with E-state index in [1.165, 1.54) is 128 Å². The minimum absolute atomic E-state index is 0.0756. The molecule has 0 aromatic carbocycles. The van der Waals surface area contributed by atoms with Crippen LogP contribution in [0.15, 0.2) is 24.3 Å². The smallest absolute Gasteiger partial charge is 0.387 e. The molecule has 3 unspecified atom stereocenters. The van der Waals surface area contributed by atoms with Crippen LogP contribution >= 0.6 is 7.82 Å². The molecular weight excluding hydrogens is 623 g/mol. The van der Waals surface area contributed by atoms with Gasteiger partial charge in [-0.2, -0.15) is 0 Å². The molecule has 0 fully saturated rings. The summed E-state index contributed by atoms with van der Waals surface area (Å²) in [7, 11) is -4.34. The Morgan fingerprint density at radius 2 is 1.10 bits per heavy atom. The number of hydrogen-bond donors (Lipinski definition) is 4. The van der Waals surface area contributed by atoms with Crippen molar-refractivity contribution >= 4 is 13.7 Å². The van der Waals surface area contributed by atoms with Crippen molar-refractivity contribution in [3.8, 4) is 0 Å². The molecule has 0 spiro atoms. The molecule has 8 nitrogen and oxygen atoms in total. The highest BCUT2D eigenvalue weighted by Crippen LogP contribution is 2.43. The standard InChI is InChI=1S/C39H77N2O6P/c1-3-5-7-9-11-13-15-16-17-18-19-20-21-23-24-26-28-30-32-38(42)37(36-47-48(44,45)46-35-34-40)41-39(43)33-31-29-27-25-22-14-12-10-8-6-4-2/h23-24,30,32,37-38,42H,3-22,25-29,31,33-36,40H2,1-2H3,(H,41,43)(H,44,45)/b24-23+,32-30+. The molecule has 5 N–H and O–H groups in total. The molecule has 0 aromatic rings. The third-order valence-corrected chi connectivity index (χ3v) is 9.76. The molecule has 3 atom stereocenters. The van der Waals surface area contributed by atoms with Gasteiger partial charge < -0.3 is 21.1 Å². The third kappa shape index (κ3) is 33.5. The fourth-order valence-electron chi connectivity index (χ4n) is 5.74. The largest absolute Gasteiger partial charge is 0.472 e. The molecule has 0 saturated heterocycles. The summed E-state index contributed by atoms with van der Waals surface area (Å²) in [4.78, 5) is 22.6. The van der Waals surface area contributed by atoms with Gasteiger partial charge in [-0.1, -0.05) is 173 Å². The Morgan fingerprint density at radius 3 is 1.60 bits per heavy atom. The van der Waals surface area contributed by atoms with E-state index < -0.39 is 20.0 Å². The number of aliphatic hydroxyl groups excluding tert-OH is 1. The molecule has 48 heavy (non-hydrogen) atoms. The number of nitrogens with two attached hydrogens (primary N) is 1. The highest BCUT2D eigenvalue weighted by molar-refractivity contribution is 7.47. The van der Waals surface area contributed by atoms with Crippen LogP contribution in [0.5, 0.6) is 0 Å². The molecular formula is C39H77N2O6P. The summed E-state index contributed by atoms with van der Waals surface area (Å²) in [5.74, 6) is -0.205. The molecule has 0 heterocycles. The Bertz CT molecular complexity index is 809. The van der Waals surface area contributed by atoms with Crippen molar-refractivity contribution < 1.29 is 28.4 Å². The van der Waals surface area contributed by atoms with Crippen LogP contribution in [0.2, 0.25) is 0 Å². The number of allylic oxidation sites excluding steroid dienone is 3. The number of phosphoric acid groups is 1. The Balaban J connectivity index is 4.30. The Labute approximate surface area is 296 Å². The van der Waals surface area contributed by atoms with Gasteiger partial charge in [-0.25, -0.2) is 4.57 Å². The second-order valence-electron chi connectivity index (χ2n) is 13.5. The number of rotatable bonds is 37. The highest BCUT2D eigenvalue weighted by atomic mass is 31.2. The first-order valence-corrected chi connectivity index (χ1v) is 21.5. The maximum absolute atomic E-state index is 12.7. The minimum atomic E-state index is -4.34. The van der Waals surface area contributed by atoms with Crippen molar-refractivity contribution in [2.24, 2.45) is 5.73 Å². The van der Waals surface area contributed by atoms with Gasteiger partial charge in [-0.05, 0) is 32.1 Å². The molecule has 0 aliphatic rings. The maximum atomic E-state index is 12.7. The zero-order chi connectivity index (χ0) is 35.4. The van der Waals surface area contributed by atoms with Gasteiger partial charge in [-0.15, -0.1) is 0 Å². The van der Waals surface area contributed by atoms with Crippen molar-refractivity contribution in [2.75, 3.05) is 19.8 Å². The lowest BCUT2D eigenvalue weighted by Crippen LogP contribution is -2.45. The molecule has 0 aliphatic heterocycles. The summed E-state index contributed by atoms with van der Waals surface area (Å²) in [6, 6.07) is -0.871. The Kier molecular flexibility index (Phi) is 35.0. The van der Waals surface area contributed by atoms with E-state index in [4.69, 9.17) is 14.8 Å². The zero-order valence-corrected chi connectivity index (χ0v) is 32.1. The molecule has 0 aromatic heterocycles. The number of phosphoric ester groups is 1. The summed E-state index contributed by atoms with van der Waals surface area (Å²) in [5, 5.41) is 13.6. The van der Waals surface area contributed by atoms with E-state index in [-0.39, 0.29) is 25.7 Å². The molecule has 0 aliphatic carbocycles. The molecule has 0 bridgehead atoms. The predicted octanol–water partition coefficient (Wildman–Crippen LogP) is 10.6. The number of amides is 1.